The molecular weight excluding hydrogens is 502 g/mol. The summed E-state index contributed by atoms with van der Waals surface area (Å²) in [5, 5.41) is 8.86. The van der Waals surface area contributed by atoms with E-state index in [9.17, 15) is 9.59 Å². The summed E-state index contributed by atoms with van der Waals surface area (Å²) >= 11 is 9.91. The zero-order chi connectivity index (χ0) is 22.5. The van der Waals surface area contributed by atoms with Gasteiger partial charge in [0.2, 0.25) is 0 Å². The monoisotopic (exact) mass is 521 g/mol. The molecule has 0 bridgehead atoms. The molecule has 1 amide bonds. The second-order valence-electron chi connectivity index (χ2n) is 6.79. The van der Waals surface area contributed by atoms with E-state index in [1.807, 2.05) is 31.2 Å². The van der Waals surface area contributed by atoms with Gasteiger partial charge in [0.25, 0.3) is 5.91 Å². The van der Waals surface area contributed by atoms with Crippen LogP contribution >= 0.6 is 39.9 Å². The largest absolute Gasteiger partial charge is 0.493 e. The number of hydrogen-bond acceptors (Lipinski definition) is 6. The van der Waals surface area contributed by atoms with Crippen LogP contribution in [0.5, 0.6) is 11.5 Å². The average molecular weight is 522 g/mol. The highest BCUT2D eigenvalue weighted by Crippen LogP contribution is 2.39. The SMILES string of the molecule is COc1cc(/C=C2/SC(=S)N(CCC(=O)O)C2=O)cc(Br)c1OCc1cccc(C)c1. The molecule has 162 valence electrons. The van der Waals surface area contributed by atoms with Crippen LogP contribution in [0.3, 0.4) is 0 Å². The highest BCUT2D eigenvalue weighted by atomic mass is 79.9. The van der Waals surface area contributed by atoms with Crippen molar-refractivity contribution in [2.24, 2.45) is 0 Å². The number of hydrogen-bond donors (Lipinski definition) is 1. The molecule has 1 aliphatic rings. The van der Waals surface area contributed by atoms with Crippen molar-refractivity contribution in [2.75, 3.05) is 13.7 Å². The number of rotatable bonds is 8. The Balaban J connectivity index is 1.80. The van der Waals surface area contributed by atoms with Crippen LogP contribution in [0.1, 0.15) is 23.1 Å². The first kappa shape index (κ1) is 23.3. The summed E-state index contributed by atoms with van der Waals surface area (Å²) in [7, 11) is 1.55. The predicted octanol–water partition coefficient (Wildman–Crippen LogP) is 5.02. The van der Waals surface area contributed by atoms with Gasteiger partial charge in [0.05, 0.1) is 22.9 Å². The molecule has 1 saturated heterocycles. The second kappa shape index (κ2) is 10.3. The Kier molecular flexibility index (Phi) is 7.74. The summed E-state index contributed by atoms with van der Waals surface area (Å²) < 4.78 is 12.5. The maximum Gasteiger partial charge on any atom is 0.305 e. The number of methoxy groups -OCH3 is 1. The van der Waals surface area contributed by atoms with E-state index in [0.29, 0.717) is 31.8 Å². The van der Waals surface area contributed by atoms with Gasteiger partial charge in [-0.15, -0.1) is 0 Å². The Morgan fingerprint density at radius 1 is 1.32 bits per heavy atom. The van der Waals surface area contributed by atoms with E-state index >= 15 is 0 Å². The van der Waals surface area contributed by atoms with E-state index in [1.165, 1.54) is 4.90 Å². The Hall–Kier alpha value is -2.36. The Labute approximate surface area is 198 Å². The molecule has 2 aromatic carbocycles. The van der Waals surface area contributed by atoms with Crippen LogP contribution in [0.15, 0.2) is 45.8 Å². The van der Waals surface area contributed by atoms with E-state index in [1.54, 1.807) is 19.3 Å². The maximum atomic E-state index is 12.6. The Bertz CT molecular complexity index is 1070. The number of ether oxygens (including phenoxy) is 2. The number of nitrogens with zero attached hydrogens (tertiary/aromatic N) is 1. The van der Waals surface area contributed by atoms with Crippen molar-refractivity contribution in [1.29, 1.82) is 0 Å². The van der Waals surface area contributed by atoms with Crippen molar-refractivity contribution in [3.8, 4) is 11.5 Å². The average Bonchev–Trinajstić information content (AvgIpc) is 2.97. The van der Waals surface area contributed by atoms with Gasteiger partial charge >= 0.3 is 5.97 Å². The molecule has 31 heavy (non-hydrogen) atoms. The van der Waals surface area contributed by atoms with Gasteiger partial charge in [-0.1, -0.05) is 53.8 Å². The number of thiocarbonyl (C=S) groups is 1. The van der Waals surface area contributed by atoms with Gasteiger partial charge in [-0.05, 0) is 52.2 Å². The Morgan fingerprint density at radius 2 is 2.10 bits per heavy atom. The standard InChI is InChI=1S/C22H20BrNO5S2/c1-13-4-3-5-14(8-13)12-29-20-16(23)9-15(10-17(20)28-2)11-18-21(27)24(22(30)31-18)7-6-19(25)26/h3-5,8-11H,6-7,12H2,1-2H3,(H,25,26)/b18-11+. The van der Waals surface area contributed by atoms with Crippen LogP contribution in [0.2, 0.25) is 0 Å². The molecule has 1 heterocycles. The van der Waals surface area contributed by atoms with Gasteiger partial charge in [-0.25, -0.2) is 0 Å². The van der Waals surface area contributed by atoms with Crippen LogP contribution in [-0.4, -0.2) is 39.9 Å². The number of aliphatic carboxylic acids is 1. The van der Waals surface area contributed by atoms with E-state index in [-0.39, 0.29) is 18.9 Å². The first-order valence-electron chi connectivity index (χ1n) is 9.31. The van der Waals surface area contributed by atoms with E-state index in [0.717, 1.165) is 28.5 Å². The van der Waals surface area contributed by atoms with Gasteiger partial charge in [0.15, 0.2) is 11.5 Å². The molecule has 2 aromatic rings. The first-order chi connectivity index (χ1) is 14.8. The fourth-order valence-corrected chi connectivity index (χ4v) is 4.85. The van der Waals surface area contributed by atoms with Crippen molar-refractivity contribution in [1.82, 2.24) is 4.90 Å². The summed E-state index contributed by atoms with van der Waals surface area (Å²) in [6.07, 6.45) is 1.55. The van der Waals surface area contributed by atoms with E-state index in [2.05, 4.69) is 22.0 Å². The van der Waals surface area contributed by atoms with Crippen LogP contribution < -0.4 is 9.47 Å². The van der Waals surface area contributed by atoms with Crippen LogP contribution in [0.4, 0.5) is 0 Å². The lowest BCUT2D eigenvalue weighted by molar-refractivity contribution is -0.137. The number of carbonyl (C=O) groups excluding carboxylic acids is 1. The maximum absolute atomic E-state index is 12.6. The molecule has 0 unspecified atom stereocenters. The number of halogens is 1. The first-order valence-corrected chi connectivity index (χ1v) is 11.3. The normalized spacial score (nSPS) is 14.9. The van der Waals surface area contributed by atoms with Crippen molar-refractivity contribution in [3.05, 3.63) is 62.5 Å². The lowest BCUT2D eigenvalue weighted by atomic mass is 10.1. The third kappa shape index (κ3) is 5.87. The Morgan fingerprint density at radius 3 is 2.77 bits per heavy atom. The summed E-state index contributed by atoms with van der Waals surface area (Å²) in [4.78, 5) is 25.2. The van der Waals surface area contributed by atoms with E-state index < -0.39 is 5.97 Å². The van der Waals surface area contributed by atoms with E-state index in [4.69, 9.17) is 26.8 Å². The zero-order valence-electron chi connectivity index (χ0n) is 16.9. The summed E-state index contributed by atoms with van der Waals surface area (Å²) in [5.41, 5.74) is 2.93. The number of amides is 1. The lowest BCUT2D eigenvalue weighted by Crippen LogP contribution is -2.30. The molecule has 0 aromatic heterocycles. The molecule has 1 N–H and O–H groups in total. The number of benzene rings is 2. The number of carboxylic acids is 1. The lowest BCUT2D eigenvalue weighted by Gasteiger charge is -2.14. The number of carboxylic acid groups (broad SMARTS) is 1. The fraction of sp³-hybridized carbons (Fsp3) is 0.227. The molecule has 0 radical (unpaired) electrons. The number of aryl methyl sites for hydroxylation is 1. The molecule has 0 saturated carbocycles. The van der Waals surface area contributed by atoms with Gasteiger partial charge in [-0.3, -0.25) is 14.5 Å². The topological polar surface area (TPSA) is 76.1 Å². The van der Waals surface area contributed by atoms with Gasteiger partial charge in [-0.2, -0.15) is 0 Å². The fourth-order valence-electron chi connectivity index (χ4n) is 2.97. The molecule has 3 rings (SSSR count). The number of carbonyl (C=O) groups is 2. The highest BCUT2D eigenvalue weighted by molar-refractivity contribution is 9.10. The molecule has 0 aliphatic carbocycles. The summed E-state index contributed by atoms with van der Waals surface area (Å²) in [6, 6.07) is 11.7. The minimum Gasteiger partial charge on any atom is -0.493 e. The second-order valence-corrected chi connectivity index (χ2v) is 9.32. The van der Waals surface area contributed by atoms with Gasteiger partial charge < -0.3 is 14.6 Å². The molecule has 9 heteroatoms. The van der Waals surface area contributed by atoms with Crippen molar-refractivity contribution >= 4 is 62.2 Å². The summed E-state index contributed by atoms with van der Waals surface area (Å²) in [5.74, 6) is -0.191. The third-order valence-corrected chi connectivity index (χ3v) is 6.40. The zero-order valence-corrected chi connectivity index (χ0v) is 20.1. The quantitative estimate of drug-likeness (QED) is 0.386. The molecule has 1 fully saturated rings. The molecule has 0 spiro atoms. The molecule has 0 atom stereocenters. The smallest absolute Gasteiger partial charge is 0.305 e. The van der Waals surface area contributed by atoms with Crippen LogP contribution in [-0.2, 0) is 16.2 Å². The molecule has 6 nitrogen and oxygen atoms in total. The number of thioether (sulfide) groups is 1. The van der Waals surface area contributed by atoms with Gasteiger partial charge in [0.1, 0.15) is 10.9 Å². The minimum atomic E-state index is -0.979. The van der Waals surface area contributed by atoms with Crippen molar-refractivity contribution in [2.45, 2.75) is 20.0 Å². The third-order valence-electron chi connectivity index (χ3n) is 4.44. The van der Waals surface area contributed by atoms with Crippen molar-refractivity contribution < 1.29 is 24.2 Å². The predicted molar refractivity (Wildman–Crippen MR) is 128 cm³/mol. The minimum absolute atomic E-state index is 0.0517. The molecular formula is C22H20BrNO5S2. The summed E-state index contributed by atoms with van der Waals surface area (Å²) in [6.45, 7) is 2.47. The van der Waals surface area contributed by atoms with Crippen molar-refractivity contribution in [3.63, 3.8) is 0 Å². The van der Waals surface area contributed by atoms with Crippen LogP contribution in [0.25, 0.3) is 6.08 Å². The highest BCUT2D eigenvalue weighted by Gasteiger charge is 2.32. The molecule has 1 aliphatic heterocycles. The van der Waals surface area contributed by atoms with Crippen LogP contribution in [0, 0.1) is 6.92 Å². The van der Waals surface area contributed by atoms with Gasteiger partial charge in [0, 0.05) is 6.54 Å².